The summed E-state index contributed by atoms with van der Waals surface area (Å²) in [6, 6.07) is 0.778. The number of aromatic nitrogens is 1. The second kappa shape index (κ2) is 5.32. The lowest BCUT2D eigenvalue weighted by molar-refractivity contribution is 0.676. The van der Waals surface area contributed by atoms with Gasteiger partial charge in [-0.3, -0.25) is 0 Å². The minimum absolute atomic E-state index is 0.696. The number of thioether (sulfide) groups is 1. The van der Waals surface area contributed by atoms with Crippen LogP contribution in [0, 0.1) is 0 Å². The molecule has 84 valence electrons. The molecule has 0 amide bonds. The van der Waals surface area contributed by atoms with Crippen molar-refractivity contribution in [2.75, 3.05) is 0 Å². The van der Waals surface area contributed by atoms with Crippen molar-refractivity contribution in [2.24, 2.45) is 0 Å². The summed E-state index contributed by atoms with van der Waals surface area (Å²) in [5.41, 5.74) is 1.21. The number of hydrogen-bond donors (Lipinski definition) is 1. The van der Waals surface area contributed by atoms with Gasteiger partial charge < -0.3 is 5.32 Å². The van der Waals surface area contributed by atoms with Gasteiger partial charge in [-0.15, -0.1) is 11.3 Å². The molecule has 4 heteroatoms. The summed E-state index contributed by atoms with van der Waals surface area (Å²) >= 11 is 3.75. The van der Waals surface area contributed by atoms with Gasteiger partial charge in [0, 0.05) is 23.7 Å². The monoisotopic (exact) mass is 242 g/mol. The number of nitrogens with zero attached hydrogens (tertiary/aromatic N) is 1. The molecule has 1 heterocycles. The second-order valence-electron chi connectivity index (χ2n) is 4.25. The Morgan fingerprint density at radius 3 is 3.07 bits per heavy atom. The Hall–Kier alpha value is -0.0600. The average molecular weight is 242 g/mol. The lowest BCUT2D eigenvalue weighted by atomic mass is 10.5. The zero-order chi connectivity index (χ0) is 10.7. The fourth-order valence-corrected chi connectivity index (χ4v) is 2.87. The molecule has 0 spiro atoms. The minimum Gasteiger partial charge on any atom is -0.308 e. The topological polar surface area (TPSA) is 24.9 Å². The smallest absolute Gasteiger partial charge is 0.103 e. The normalized spacial score (nSPS) is 16.2. The van der Waals surface area contributed by atoms with Crippen LogP contribution in [-0.2, 0) is 12.3 Å². The zero-order valence-electron chi connectivity index (χ0n) is 9.32. The van der Waals surface area contributed by atoms with Crippen LogP contribution >= 0.6 is 23.1 Å². The summed E-state index contributed by atoms with van der Waals surface area (Å²) in [6.45, 7) is 5.41. The van der Waals surface area contributed by atoms with Gasteiger partial charge in [0.15, 0.2) is 0 Å². The van der Waals surface area contributed by atoms with Crippen molar-refractivity contribution in [3.8, 4) is 0 Å². The molecule has 0 radical (unpaired) electrons. The third-order valence-corrected chi connectivity index (χ3v) is 4.48. The van der Waals surface area contributed by atoms with Gasteiger partial charge in [-0.1, -0.05) is 13.8 Å². The maximum atomic E-state index is 4.62. The van der Waals surface area contributed by atoms with Gasteiger partial charge in [0.05, 0.1) is 5.69 Å². The van der Waals surface area contributed by atoms with Crippen molar-refractivity contribution in [3.05, 3.63) is 16.1 Å². The first-order chi connectivity index (χ1) is 7.24. The highest BCUT2D eigenvalue weighted by Crippen LogP contribution is 2.22. The van der Waals surface area contributed by atoms with E-state index in [2.05, 4.69) is 29.5 Å². The van der Waals surface area contributed by atoms with E-state index >= 15 is 0 Å². The quantitative estimate of drug-likeness (QED) is 0.830. The van der Waals surface area contributed by atoms with Crippen molar-refractivity contribution in [3.63, 3.8) is 0 Å². The van der Waals surface area contributed by atoms with Crippen molar-refractivity contribution in [2.45, 2.75) is 50.3 Å². The van der Waals surface area contributed by atoms with Crippen LogP contribution in [0.2, 0.25) is 0 Å². The molecule has 1 aliphatic carbocycles. The molecule has 0 aromatic carbocycles. The third kappa shape index (κ3) is 4.13. The van der Waals surface area contributed by atoms with E-state index in [0.717, 1.165) is 18.3 Å². The fraction of sp³-hybridized carbons (Fsp3) is 0.727. The van der Waals surface area contributed by atoms with Crippen LogP contribution in [0.25, 0.3) is 0 Å². The first kappa shape index (κ1) is 11.4. The van der Waals surface area contributed by atoms with Gasteiger partial charge in [-0.05, 0) is 18.1 Å². The Morgan fingerprint density at radius 2 is 2.40 bits per heavy atom. The highest BCUT2D eigenvalue weighted by molar-refractivity contribution is 7.99. The summed E-state index contributed by atoms with van der Waals surface area (Å²) in [6.07, 6.45) is 2.69. The summed E-state index contributed by atoms with van der Waals surface area (Å²) in [5, 5.41) is 7.64. The molecule has 1 aromatic heterocycles. The van der Waals surface area contributed by atoms with E-state index in [1.54, 1.807) is 11.3 Å². The molecule has 1 saturated carbocycles. The molecule has 0 saturated heterocycles. The van der Waals surface area contributed by atoms with E-state index in [4.69, 9.17) is 0 Å². The Balaban J connectivity index is 1.75. The van der Waals surface area contributed by atoms with Crippen LogP contribution in [0.15, 0.2) is 5.38 Å². The van der Waals surface area contributed by atoms with Crippen molar-refractivity contribution >= 4 is 23.1 Å². The molecule has 2 nitrogen and oxygen atoms in total. The van der Waals surface area contributed by atoms with Gasteiger partial charge >= 0.3 is 0 Å². The Labute approximate surface area is 99.9 Å². The molecule has 0 unspecified atom stereocenters. The van der Waals surface area contributed by atoms with Gasteiger partial charge in [-0.25, -0.2) is 4.98 Å². The molecule has 0 atom stereocenters. The minimum atomic E-state index is 0.696. The highest BCUT2D eigenvalue weighted by Gasteiger charge is 2.20. The standard InChI is InChI=1S/C11H18N2S2/c1-8(2)14-7-11-13-10(6-15-11)5-12-9-3-4-9/h6,8-9,12H,3-5,7H2,1-2H3. The van der Waals surface area contributed by atoms with E-state index in [0.29, 0.717) is 5.25 Å². The van der Waals surface area contributed by atoms with Gasteiger partial charge in [0.25, 0.3) is 0 Å². The Morgan fingerprint density at radius 1 is 1.60 bits per heavy atom. The molecule has 0 aliphatic heterocycles. The van der Waals surface area contributed by atoms with Crippen LogP contribution < -0.4 is 5.32 Å². The molecular weight excluding hydrogens is 224 g/mol. The van der Waals surface area contributed by atoms with Crippen LogP contribution in [0.3, 0.4) is 0 Å². The van der Waals surface area contributed by atoms with Gasteiger partial charge in [-0.2, -0.15) is 11.8 Å². The number of rotatable bonds is 6. The molecule has 1 fully saturated rings. The lowest BCUT2D eigenvalue weighted by Gasteiger charge is -2.01. The van der Waals surface area contributed by atoms with Crippen LogP contribution in [0.5, 0.6) is 0 Å². The predicted octanol–water partition coefficient (Wildman–Crippen LogP) is 3.04. The van der Waals surface area contributed by atoms with E-state index in [1.165, 1.54) is 23.5 Å². The maximum absolute atomic E-state index is 4.62. The largest absolute Gasteiger partial charge is 0.308 e. The Kier molecular flexibility index (Phi) is 4.05. The molecule has 1 aromatic rings. The van der Waals surface area contributed by atoms with Crippen LogP contribution in [0.4, 0.5) is 0 Å². The summed E-state index contributed by atoms with van der Waals surface area (Å²) in [4.78, 5) is 4.62. The van der Waals surface area contributed by atoms with Crippen molar-refractivity contribution in [1.82, 2.24) is 10.3 Å². The molecule has 15 heavy (non-hydrogen) atoms. The van der Waals surface area contributed by atoms with Gasteiger partial charge in [0.1, 0.15) is 5.01 Å². The third-order valence-electron chi connectivity index (χ3n) is 2.29. The lowest BCUT2D eigenvalue weighted by Crippen LogP contribution is -2.15. The zero-order valence-corrected chi connectivity index (χ0v) is 11.0. The second-order valence-corrected chi connectivity index (χ2v) is 6.75. The molecule has 2 rings (SSSR count). The van der Waals surface area contributed by atoms with Crippen molar-refractivity contribution in [1.29, 1.82) is 0 Å². The van der Waals surface area contributed by atoms with E-state index in [9.17, 15) is 0 Å². The van der Waals surface area contributed by atoms with Crippen LogP contribution in [-0.4, -0.2) is 16.3 Å². The first-order valence-electron chi connectivity index (χ1n) is 5.52. The van der Waals surface area contributed by atoms with Crippen molar-refractivity contribution < 1.29 is 0 Å². The number of hydrogen-bond acceptors (Lipinski definition) is 4. The number of nitrogens with one attached hydrogen (secondary N) is 1. The van der Waals surface area contributed by atoms with Gasteiger partial charge in [0.2, 0.25) is 0 Å². The number of thiazole rings is 1. The first-order valence-corrected chi connectivity index (χ1v) is 7.45. The molecule has 1 aliphatic rings. The molecule has 0 bridgehead atoms. The Bertz CT molecular complexity index is 285. The maximum Gasteiger partial charge on any atom is 0.103 e. The van der Waals surface area contributed by atoms with E-state index in [-0.39, 0.29) is 0 Å². The molecule has 1 N–H and O–H groups in total. The molecular formula is C11H18N2S2. The van der Waals surface area contributed by atoms with E-state index in [1.807, 2.05) is 11.8 Å². The predicted molar refractivity (Wildman–Crippen MR) is 68.4 cm³/mol. The highest BCUT2D eigenvalue weighted by atomic mass is 32.2. The van der Waals surface area contributed by atoms with Crippen LogP contribution in [0.1, 0.15) is 37.4 Å². The summed E-state index contributed by atoms with van der Waals surface area (Å²) < 4.78 is 0. The summed E-state index contributed by atoms with van der Waals surface area (Å²) in [7, 11) is 0. The SMILES string of the molecule is CC(C)SCc1nc(CNC2CC2)cs1. The van der Waals surface area contributed by atoms with E-state index < -0.39 is 0 Å². The fourth-order valence-electron chi connectivity index (χ4n) is 1.27. The average Bonchev–Trinajstić information content (AvgIpc) is 2.92. The summed E-state index contributed by atoms with van der Waals surface area (Å²) in [5.74, 6) is 1.06.